The lowest BCUT2D eigenvalue weighted by Gasteiger charge is -2.14. The number of nitrogens with one attached hydrogen (secondary N) is 1. The van der Waals surface area contributed by atoms with E-state index in [1.807, 2.05) is 17.5 Å². The van der Waals surface area contributed by atoms with E-state index in [4.69, 9.17) is 0 Å². The summed E-state index contributed by atoms with van der Waals surface area (Å²) in [5, 5.41) is 5.30. The third-order valence-corrected chi connectivity index (χ3v) is 6.34. The number of benzene rings is 2. The molecule has 1 amide bonds. The third kappa shape index (κ3) is 5.46. The van der Waals surface area contributed by atoms with Crippen LogP contribution in [0.2, 0.25) is 0 Å². The van der Waals surface area contributed by atoms with Crippen LogP contribution in [0.1, 0.15) is 29.7 Å². The molecule has 2 aromatic carbocycles. The molecule has 0 fully saturated rings. The second-order valence-corrected chi connectivity index (χ2v) is 8.81. The first-order valence-electron chi connectivity index (χ1n) is 10.8. The lowest BCUT2D eigenvalue weighted by molar-refractivity contribution is -0.121. The number of nitrogens with zero attached hydrogens (tertiary/aromatic N) is 2. The van der Waals surface area contributed by atoms with Crippen molar-refractivity contribution in [3.8, 4) is 0 Å². The van der Waals surface area contributed by atoms with Gasteiger partial charge >= 0.3 is 5.69 Å². The number of rotatable bonds is 9. The highest BCUT2D eigenvalue weighted by Gasteiger charge is 2.13. The lowest BCUT2D eigenvalue weighted by Crippen LogP contribution is -2.40. The molecule has 0 saturated carbocycles. The number of hydrogen-bond acceptors (Lipinski definition) is 4. The number of hydrogen-bond donors (Lipinski definition) is 1. The van der Waals surface area contributed by atoms with Crippen LogP contribution in [-0.2, 0) is 24.4 Å². The number of halogens is 1. The molecule has 0 aliphatic heterocycles. The van der Waals surface area contributed by atoms with Crippen LogP contribution < -0.4 is 16.6 Å². The van der Waals surface area contributed by atoms with Crippen LogP contribution in [0.3, 0.4) is 0 Å². The van der Waals surface area contributed by atoms with E-state index in [1.54, 1.807) is 47.7 Å². The summed E-state index contributed by atoms with van der Waals surface area (Å²) in [6.07, 6.45) is 1.42. The Morgan fingerprint density at radius 3 is 2.48 bits per heavy atom. The number of aromatic nitrogens is 2. The van der Waals surface area contributed by atoms with Crippen LogP contribution in [0.25, 0.3) is 10.9 Å². The first kappa shape index (κ1) is 22.7. The van der Waals surface area contributed by atoms with Gasteiger partial charge in [-0.15, -0.1) is 11.3 Å². The van der Waals surface area contributed by atoms with Gasteiger partial charge in [0.15, 0.2) is 0 Å². The van der Waals surface area contributed by atoms with Gasteiger partial charge in [-0.25, -0.2) is 9.18 Å². The van der Waals surface area contributed by atoms with Crippen LogP contribution in [0.15, 0.2) is 75.6 Å². The molecule has 0 unspecified atom stereocenters. The van der Waals surface area contributed by atoms with Crippen LogP contribution >= 0.6 is 11.3 Å². The van der Waals surface area contributed by atoms with Crippen LogP contribution in [-0.4, -0.2) is 15.0 Å². The van der Waals surface area contributed by atoms with Gasteiger partial charge in [-0.05, 0) is 54.1 Å². The second kappa shape index (κ2) is 10.4. The van der Waals surface area contributed by atoms with Gasteiger partial charge in [-0.3, -0.25) is 18.7 Å². The molecule has 2 aromatic heterocycles. The smallest absolute Gasteiger partial charge is 0.331 e. The number of fused-ring (bicyclic) bond motifs is 1. The molecule has 0 radical (unpaired) electrons. The van der Waals surface area contributed by atoms with Crippen LogP contribution in [0, 0.1) is 5.82 Å². The average molecular weight is 466 g/mol. The Balaban J connectivity index is 1.47. The third-order valence-electron chi connectivity index (χ3n) is 5.46. The predicted molar refractivity (Wildman–Crippen MR) is 128 cm³/mol. The van der Waals surface area contributed by atoms with E-state index in [0.29, 0.717) is 36.7 Å². The van der Waals surface area contributed by atoms with E-state index in [9.17, 15) is 18.8 Å². The summed E-state index contributed by atoms with van der Waals surface area (Å²) in [7, 11) is 0. The van der Waals surface area contributed by atoms with Gasteiger partial charge in [-0.1, -0.05) is 30.3 Å². The zero-order valence-electron chi connectivity index (χ0n) is 18.0. The predicted octanol–water partition coefficient (Wildman–Crippen LogP) is 3.90. The summed E-state index contributed by atoms with van der Waals surface area (Å²) in [5.41, 5.74) is 0.551. The van der Waals surface area contributed by atoms with Gasteiger partial charge in [0.2, 0.25) is 5.91 Å². The molecule has 0 saturated heterocycles. The SMILES string of the molecule is O=C(CCCCn1c(=O)c2ccccc2n(Cc2ccc(F)cc2)c1=O)NCc1cccs1. The molecule has 0 atom stereocenters. The molecule has 6 nitrogen and oxygen atoms in total. The Hall–Kier alpha value is -3.52. The highest BCUT2D eigenvalue weighted by Crippen LogP contribution is 2.12. The number of unbranched alkanes of at least 4 members (excludes halogenated alkanes) is 1. The first-order valence-corrected chi connectivity index (χ1v) is 11.7. The highest BCUT2D eigenvalue weighted by molar-refractivity contribution is 7.09. The van der Waals surface area contributed by atoms with E-state index < -0.39 is 5.69 Å². The zero-order valence-corrected chi connectivity index (χ0v) is 18.8. The monoisotopic (exact) mass is 465 g/mol. The van der Waals surface area contributed by atoms with Gasteiger partial charge in [-0.2, -0.15) is 0 Å². The van der Waals surface area contributed by atoms with Crippen molar-refractivity contribution in [2.24, 2.45) is 0 Å². The number of para-hydroxylation sites is 1. The molecule has 8 heteroatoms. The number of amides is 1. The van der Waals surface area contributed by atoms with Crippen molar-refractivity contribution < 1.29 is 9.18 Å². The van der Waals surface area contributed by atoms with E-state index in [-0.39, 0.29) is 30.4 Å². The fraction of sp³-hybridized carbons (Fsp3) is 0.240. The molecule has 1 N–H and O–H groups in total. The normalized spacial score (nSPS) is 11.1. The molecule has 4 rings (SSSR count). The van der Waals surface area contributed by atoms with E-state index in [2.05, 4.69) is 5.32 Å². The Labute approximate surface area is 193 Å². The number of thiophene rings is 1. The van der Waals surface area contributed by atoms with Gasteiger partial charge < -0.3 is 5.32 Å². The van der Waals surface area contributed by atoms with Crippen molar-refractivity contribution in [2.45, 2.75) is 38.9 Å². The van der Waals surface area contributed by atoms with Crippen molar-refractivity contribution in [3.63, 3.8) is 0 Å². The molecule has 0 aliphatic carbocycles. The second-order valence-electron chi connectivity index (χ2n) is 7.78. The Morgan fingerprint density at radius 1 is 0.939 bits per heavy atom. The van der Waals surface area contributed by atoms with Crippen molar-refractivity contribution >= 4 is 28.1 Å². The minimum atomic E-state index is -0.412. The minimum absolute atomic E-state index is 0.0528. The number of carbonyl (C=O) groups excluding carboxylic acids is 1. The molecule has 0 spiro atoms. The van der Waals surface area contributed by atoms with Gasteiger partial charge in [0.25, 0.3) is 5.56 Å². The van der Waals surface area contributed by atoms with E-state index >= 15 is 0 Å². The fourth-order valence-electron chi connectivity index (χ4n) is 3.74. The molecular weight excluding hydrogens is 441 g/mol. The zero-order chi connectivity index (χ0) is 23.2. The summed E-state index contributed by atoms with van der Waals surface area (Å²) in [6, 6.07) is 16.8. The molecule has 33 heavy (non-hydrogen) atoms. The first-order chi connectivity index (χ1) is 16.0. The maximum absolute atomic E-state index is 13.3. The van der Waals surface area contributed by atoms with Gasteiger partial charge in [0, 0.05) is 17.8 Å². The summed E-state index contributed by atoms with van der Waals surface area (Å²) >= 11 is 1.59. The Bertz CT molecular complexity index is 1360. The van der Waals surface area contributed by atoms with Crippen molar-refractivity contribution in [3.05, 3.63) is 103 Å². The summed E-state index contributed by atoms with van der Waals surface area (Å²) in [5.74, 6) is -0.400. The molecule has 4 aromatic rings. The average Bonchev–Trinajstić information content (AvgIpc) is 3.35. The largest absolute Gasteiger partial charge is 0.351 e. The summed E-state index contributed by atoms with van der Waals surface area (Å²) in [4.78, 5) is 39.4. The standard InChI is InChI=1S/C25H24FN3O3S/c26-19-12-10-18(11-13-19)17-29-22-8-2-1-7-21(22)24(31)28(25(29)32)14-4-3-9-23(30)27-16-20-6-5-15-33-20/h1-2,5-8,10-13,15H,3-4,9,14,16-17H2,(H,27,30). The maximum Gasteiger partial charge on any atom is 0.331 e. The van der Waals surface area contributed by atoms with Crippen molar-refractivity contribution in [1.29, 1.82) is 0 Å². The molecule has 0 aliphatic rings. The minimum Gasteiger partial charge on any atom is -0.351 e. The van der Waals surface area contributed by atoms with Crippen LogP contribution in [0.4, 0.5) is 4.39 Å². The highest BCUT2D eigenvalue weighted by atomic mass is 32.1. The molecular formula is C25H24FN3O3S. The van der Waals surface area contributed by atoms with E-state index in [0.717, 1.165) is 10.4 Å². The quantitative estimate of drug-likeness (QED) is 0.381. The topological polar surface area (TPSA) is 73.1 Å². The van der Waals surface area contributed by atoms with Crippen molar-refractivity contribution in [2.75, 3.05) is 0 Å². The fourth-order valence-corrected chi connectivity index (χ4v) is 4.38. The Kier molecular flexibility index (Phi) is 7.14. The van der Waals surface area contributed by atoms with Crippen LogP contribution in [0.5, 0.6) is 0 Å². The molecule has 2 heterocycles. The Morgan fingerprint density at radius 2 is 1.73 bits per heavy atom. The van der Waals surface area contributed by atoms with Gasteiger partial charge in [0.05, 0.1) is 24.0 Å². The maximum atomic E-state index is 13.3. The van der Waals surface area contributed by atoms with E-state index in [1.165, 1.54) is 21.3 Å². The molecule has 0 bridgehead atoms. The summed E-state index contributed by atoms with van der Waals surface area (Å²) < 4.78 is 16.1. The summed E-state index contributed by atoms with van der Waals surface area (Å²) in [6.45, 7) is 0.962. The number of carbonyl (C=O) groups is 1. The lowest BCUT2D eigenvalue weighted by atomic mass is 10.2. The van der Waals surface area contributed by atoms with Crippen molar-refractivity contribution in [1.82, 2.24) is 14.5 Å². The molecule has 170 valence electrons. The van der Waals surface area contributed by atoms with Gasteiger partial charge in [0.1, 0.15) is 5.82 Å².